The van der Waals surface area contributed by atoms with Crippen LogP contribution in [0.5, 0.6) is 0 Å². The van der Waals surface area contributed by atoms with Crippen molar-refractivity contribution < 1.29 is 24.0 Å². The number of nitrogens with one attached hydrogen (secondary N) is 1. The number of nitrogens with zero attached hydrogens (tertiary/aromatic N) is 1. The van der Waals surface area contributed by atoms with E-state index < -0.39 is 17.4 Å². The number of ether oxygens (including phenoxy) is 1. The van der Waals surface area contributed by atoms with Gasteiger partial charge in [-0.15, -0.1) is 0 Å². The van der Waals surface area contributed by atoms with Crippen LogP contribution in [0.2, 0.25) is 0 Å². The third-order valence-corrected chi connectivity index (χ3v) is 3.59. The lowest BCUT2D eigenvalue weighted by atomic mass is 9.89. The molecule has 7 nitrogen and oxygen atoms in total. The molecule has 0 radical (unpaired) electrons. The summed E-state index contributed by atoms with van der Waals surface area (Å²) >= 11 is 0. The van der Waals surface area contributed by atoms with E-state index in [9.17, 15) is 14.7 Å². The molecule has 1 aromatic rings. The fourth-order valence-electron chi connectivity index (χ4n) is 2.13. The van der Waals surface area contributed by atoms with Crippen LogP contribution in [0.4, 0.5) is 0 Å². The van der Waals surface area contributed by atoms with Crippen molar-refractivity contribution in [3.63, 3.8) is 0 Å². The number of amides is 1. The molecule has 0 bridgehead atoms. The smallest absolute Gasteiger partial charge is 0.329 e. The Morgan fingerprint density at radius 3 is 2.43 bits per heavy atom. The van der Waals surface area contributed by atoms with Crippen LogP contribution in [0.15, 0.2) is 10.6 Å². The Labute approximate surface area is 122 Å². The van der Waals surface area contributed by atoms with Crippen molar-refractivity contribution in [1.29, 1.82) is 0 Å². The zero-order chi connectivity index (χ0) is 15.7. The number of aromatic nitrogens is 1. The summed E-state index contributed by atoms with van der Waals surface area (Å²) < 4.78 is 10.3. The van der Waals surface area contributed by atoms with Gasteiger partial charge in [-0.05, 0) is 0 Å². The highest BCUT2D eigenvalue weighted by Gasteiger charge is 2.42. The van der Waals surface area contributed by atoms with Crippen LogP contribution in [0.25, 0.3) is 0 Å². The zero-order valence-electron chi connectivity index (χ0n) is 12.4. The number of carbonyl (C=O) groups is 2. The van der Waals surface area contributed by atoms with E-state index in [4.69, 9.17) is 9.26 Å². The van der Waals surface area contributed by atoms with Gasteiger partial charge in [0.1, 0.15) is 11.3 Å². The van der Waals surface area contributed by atoms with Crippen LogP contribution in [-0.2, 0) is 14.9 Å². The Hall–Kier alpha value is -1.89. The van der Waals surface area contributed by atoms with Crippen molar-refractivity contribution in [3.05, 3.63) is 17.5 Å². The maximum Gasteiger partial charge on any atom is 0.329 e. The van der Waals surface area contributed by atoms with Gasteiger partial charge in [-0.2, -0.15) is 0 Å². The van der Waals surface area contributed by atoms with Crippen LogP contribution in [0.1, 0.15) is 49.9 Å². The molecule has 1 saturated heterocycles. The molecule has 0 aromatic carbocycles. The van der Waals surface area contributed by atoms with E-state index in [0.717, 1.165) is 0 Å². The lowest BCUT2D eigenvalue weighted by molar-refractivity contribution is -0.148. The minimum atomic E-state index is -1.30. The first kappa shape index (κ1) is 15.5. The normalized spacial score (nSPS) is 18.2. The van der Waals surface area contributed by atoms with Gasteiger partial charge in [0.05, 0.1) is 0 Å². The van der Waals surface area contributed by atoms with Gasteiger partial charge in [0, 0.05) is 37.5 Å². The largest absolute Gasteiger partial charge is 0.480 e. The van der Waals surface area contributed by atoms with Gasteiger partial charge in [0.2, 0.25) is 0 Å². The minimum absolute atomic E-state index is 0.0899. The Morgan fingerprint density at radius 2 is 1.95 bits per heavy atom. The lowest BCUT2D eigenvalue weighted by Gasteiger charge is -2.33. The van der Waals surface area contributed by atoms with E-state index in [1.807, 2.05) is 20.8 Å². The molecule has 7 heteroatoms. The fraction of sp³-hybridized carbons (Fsp3) is 0.643. The second-order valence-corrected chi connectivity index (χ2v) is 6.28. The number of rotatable bonds is 3. The summed E-state index contributed by atoms with van der Waals surface area (Å²) in [5.74, 6) is -1.03. The molecule has 1 aliphatic rings. The Bertz CT molecular complexity index is 538. The first-order valence-electron chi connectivity index (χ1n) is 6.85. The maximum atomic E-state index is 12.2. The molecular formula is C14H20N2O5. The predicted octanol–water partition coefficient (Wildman–Crippen LogP) is 1.34. The number of carboxylic acids is 1. The standard InChI is InChI=1S/C14H20N2O5/c1-13(2,3)10-8-9(16-21-10)11(17)15-14(12(18)19)4-6-20-7-5-14/h8H,4-7H2,1-3H3,(H,15,17)(H,18,19). The SMILES string of the molecule is CC(C)(C)c1cc(C(=O)NC2(C(=O)O)CCOCC2)no1. The summed E-state index contributed by atoms with van der Waals surface area (Å²) in [5, 5.41) is 15.7. The van der Waals surface area contributed by atoms with Crippen molar-refractivity contribution in [1.82, 2.24) is 10.5 Å². The highest BCUT2D eigenvalue weighted by atomic mass is 16.5. The van der Waals surface area contributed by atoms with E-state index >= 15 is 0 Å². The van der Waals surface area contributed by atoms with Crippen LogP contribution < -0.4 is 5.32 Å². The van der Waals surface area contributed by atoms with Gasteiger partial charge in [-0.1, -0.05) is 25.9 Å². The topological polar surface area (TPSA) is 102 Å². The molecule has 2 heterocycles. The van der Waals surface area contributed by atoms with E-state index in [2.05, 4.69) is 10.5 Å². The number of hydrogen-bond acceptors (Lipinski definition) is 5. The van der Waals surface area contributed by atoms with Gasteiger partial charge in [-0.3, -0.25) is 4.79 Å². The molecule has 1 fully saturated rings. The molecule has 0 aliphatic carbocycles. The molecule has 1 aromatic heterocycles. The van der Waals surface area contributed by atoms with Crippen molar-refractivity contribution in [2.75, 3.05) is 13.2 Å². The third-order valence-electron chi connectivity index (χ3n) is 3.59. The van der Waals surface area contributed by atoms with Gasteiger partial charge in [-0.25, -0.2) is 4.79 Å². The zero-order valence-corrected chi connectivity index (χ0v) is 12.4. The third kappa shape index (κ3) is 3.24. The number of carbonyl (C=O) groups excluding carboxylic acids is 1. The van der Waals surface area contributed by atoms with E-state index in [0.29, 0.717) is 19.0 Å². The van der Waals surface area contributed by atoms with Crippen molar-refractivity contribution >= 4 is 11.9 Å². The summed E-state index contributed by atoms with van der Waals surface area (Å²) in [6, 6.07) is 1.55. The van der Waals surface area contributed by atoms with Crippen LogP contribution in [0, 0.1) is 0 Å². The van der Waals surface area contributed by atoms with Crippen LogP contribution in [-0.4, -0.2) is 40.9 Å². The predicted molar refractivity (Wildman–Crippen MR) is 73.1 cm³/mol. The molecule has 0 atom stereocenters. The Morgan fingerprint density at radius 1 is 1.33 bits per heavy atom. The Kier molecular flexibility index (Phi) is 4.04. The summed E-state index contributed by atoms with van der Waals surface area (Å²) in [7, 11) is 0. The van der Waals surface area contributed by atoms with E-state index in [1.54, 1.807) is 6.07 Å². The van der Waals surface area contributed by atoms with Crippen LogP contribution in [0.3, 0.4) is 0 Å². The second kappa shape index (κ2) is 5.48. The van der Waals surface area contributed by atoms with Gasteiger partial charge >= 0.3 is 5.97 Å². The molecule has 21 heavy (non-hydrogen) atoms. The highest BCUT2D eigenvalue weighted by molar-refractivity contribution is 5.96. The molecule has 1 amide bonds. The number of hydrogen-bond donors (Lipinski definition) is 2. The molecule has 2 N–H and O–H groups in total. The molecule has 0 saturated carbocycles. The summed E-state index contributed by atoms with van der Waals surface area (Å²) in [6.07, 6.45) is 0.468. The highest BCUT2D eigenvalue weighted by Crippen LogP contribution is 2.24. The first-order chi connectivity index (χ1) is 9.74. The average Bonchev–Trinajstić information content (AvgIpc) is 2.89. The quantitative estimate of drug-likeness (QED) is 0.872. The van der Waals surface area contributed by atoms with Gasteiger partial charge in [0.25, 0.3) is 5.91 Å². The average molecular weight is 296 g/mol. The lowest BCUT2D eigenvalue weighted by Crippen LogP contribution is -2.57. The van der Waals surface area contributed by atoms with Crippen LogP contribution >= 0.6 is 0 Å². The van der Waals surface area contributed by atoms with Crippen molar-refractivity contribution in [2.24, 2.45) is 0 Å². The van der Waals surface area contributed by atoms with Crippen molar-refractivity contribution in [2.45, 2.75) is 44.6 Å². The second-order valence-electron chi connectivity index (χ2n) is 6.28. The van der Waals surface area contributed by atoms with Gasteiger partial charge < -0.3 is 19.7 Å². The number of aliphatic carboxylic acids is 1. The monoisotopic (exact) mass is 296 g/mol. The maximum absolute atomic E-state index is 12.2. The Balaban J connectivity index is 2.16. The van der Waals surface area contributed by atoms with Crippen molar-refractivity contribution in [3.8, 4) is 0 Å². The van der Waals surface area contributed by atoms with E-state index in [1.165, 1.54) is 0 Å². The molecular weight excluding hydrogens is 276 g/mol. The first-order valence-corrected chi connectivity index (χ1v) is 6.85. The molecule has 1 aliphatic heterocycles. The molecule has 2 rings (SSSR count). The fourth-order valence-corrected chi connectivity index (χ4v) is 2.13. The minimum Gasteiger partial charge on any atom is -0.480 e. The summed E-state index contributed by atoms with van der Waals surface area (Å²) in [5.41, 5.74) is -1.47. The summed E-state index contributed by atoms with van der Waals surface area (Å²) in [4.78, 5) is 23.7. The van der Waals surface area contributed by atoms with Gasteiger partial charge in [0.15, 0.2) is 5.69 Å². The number of carboxylic acid groups (broad SMARTS) is 1. The van der Waals surface area contributed by atoms with E-state index in [-0.39, 0.29) is 24.0 Å². The molecule has 0 unspecified atom stereocenters. The summed E-state index contributed by atoms with van der Waals surface area (Å²) in [6.45, 7) is 6.42. The molecule has 116 valence electrons. The molecule has 0 spiro atoms.